The lowest BCUT2D eigenvalue weighted by Crippen LogP contribution is -2.50. The van der Waals surface area contributed by atoms with Gasteiger partial charge in [-0.3, -0.25) is 10.1 Å². The van der Waals surface area contributed by atoms with Gasteiger partial charge in [0.1, 0.15) is 17.6 Å². The van der Waals surface area contributed by atoms with E-state index in [2.05, 4.69) is 5.32 Å². The molecule has 0 atom stereocenters. The van der Waals surface area contributed by atoms with Gasteiger partial charge in [0.15, 0.2) is 0 Å². The lowest BCUT2D eigenvalue weighted by Gasteiger charge is -2.27. The lowest BCUT2D eigenvalue weighted by molar-refractivity contribution is -0.385. The second kappa shape index (κ2) is 5.01. The number of ether oxygens (including phenoxy) is 2. The predicted octanol–water partition coefficient (Wildman–Crippen LogP) is 1.34. The van der Waals surface area contributed by atoms with Gasteiger partial charge in [0, 0.05) is 19.2 Å². The molecule has 1 aliphatic rings. The lowest BCUT2D eigenvalue weighted by atomic mass is 10.2. The van der Waals surface area contributed by atoms with Crippen molar-refractivity contribution in [3.8, 4) is 11.5 Å². The van der Waals surface area contributed by atoms with Crippen LogP contribution in [0.15, 0.2) is 18.2 Å². The Labute approximate surface area is 98.7 Å². The molecule has 1 aromatic carbocycles. The van der Waals surface area contributed by atoms with Crippen molar-refractivity contribution in [1.29, 1.82) is 0 Å². The average Bonchev–Trinajstić information content (AvgIpc) is 2.24. The summed E-state index contributed by atoms with van der Waals surface area (Å²) in [5, 5.41) is 13.8. The molecule has 0 spiro atoms. The van der Waals surface area contributed by atoms with Gasteiger partial charge < -0.3 is 14.8 Å². The fourth-order valence-corrected chi connectivity index (χ4v) is 1.52. The zero-order valence-electron chi connectivity index (χ0n) is 9.51. The monoisotopic (exact) mass is 238 g/mol. The van der Waals surface area contributed by atoms with Crippen LogP contribution in [0.5, 0.6) is 11.5 Å². The molecule has 6 nitrogen and oxygen atoms in total. The summed E-state index contributed by atoms with van der Waals surface area (Å²) >= 11 is 0. The first-order valence-electron chi connectivity index (χ1n) is 5.48. The van der Waals surface area contributed by atoms with E-state index in [0.29, 0.717) is 18.1 Å². The van der Waals surface area contributed by atoms with Crippen molar-refractivity contribution in [2.45, 2.75) is 13.0 Å². The van der Waals surface area contributed by atoms with Gasteiger partial charge in [0.05, 0.1) is 23.7 Å². The number of nitrogens with zero attached hydrogens (tertiary/aromatic N) is 1. The van der Waals surface area contributed by atoms with Crippen LogP contribution in [0.3, 0.4) is 0 Å². The van der Waals surface area contributed by atoms with Gasteiger partial charge in [-0.2, -0.15) is 0 Å². The van der Waals surface area contributed by atoms with E-state index in [9.17, 15) is 10.1 Å². The molecule has 6 heteroatoms. The Kier molecular flexibility index (Phi) is 3.43. The van der Waals surface area contributed by atoms with E-state index in [1.807, 2.05) is 6.92 Å². The topological polar surface area (TPSA) is 73.6 Å². The van der Waals surface area contributed by atoms with Crippen molar-refractivity contribution >= 4 is 5.69 Å². The summed E-state index contributed by atoms with van der Waals surface area (Å²) in [6.07, 6.45) is 0.0893. The highest BCUT2D eigenvalue weighted by molar-refractivity contribution is 5.46. The van der Waals surface area contributed by atoms with Crippen molar-refractivity contribution in [3.05, 3.63) is 28.3 Å². The molecule has 1 aliphatic heterocycles. The molecule has 2 rings (SSSR count). The number of benzene rings is 1. The van der Waals surface area contributed by atoms with Crippen molar-refractivity contribution in [1.82, 2.24) is 5.32 Å². The summed E-state index contributed by atoms with van der Waals surface area (Å²) in [5.74, 6) is 0.943. The van der Waals surface area contributed by atoms with Crippen LogP contribution in [0.1, 0.15) is 6.92 Å². The van der Waals surface area contributed by atoms with Crippen molar-refractivity contribution in [2.24, 2.45) is 0 Å². The van der Waals surface area contributed by atoms with Crippen LogP contribution in [0, 0.1) is 10.1 Å². The zero-order valence-corrected chi connectivity index (χ0v) is 9.51. The molecule has 1 saturated heterocycles. The number of hydrogen-bond donors (Lipinski definition) is 1. The van der Waals surface area contributed by atoms with Gasteiger partial charge in [-0.15, -0.1) is 0 Å². The van der Waals surface area contributed by atoms with Crippen LogP contribution in [0.4, 0.5) is 5.69 Å². The summed E-state index contributed by atoms with van der Waals surface area (Å²) in [6.45, 7) is 3.83. The van der Waals surface area contributed by atoms with Crippen LogP contribution in [0.25, 0.3) is 0 Å². The number of nitro groups is 1. The van der Waals surface area contributed by atoms with E-state index in [-0.39, 0.29) is 11.8 Å². The van der Waals surface area contributed by atoms with Gasteiger partial charge in [-0.05, 0) is 6.92 Å². The highest BCUT2D eigenvalue weighted by atomic mass is 16.6. The third kappa shape index (κ3) is 2.85. The van der Waals surface area contributed by atoms with E-state index < -0.39 is 4.92 Å². The fraction of sp³-hybridized carbons (Fsp3) is 0.455. The highest BCUT2D eigenvalue weighted by Crippen LogP contribution is 2.28. The van der Waals surface area contributed by atoms with Crippen LogP contribution in [0.2, 0.25) is 0 Å². The van der Waals surface area contributed by atoms with Crippen LogP contribution >= 0.6 is 0 Å². The first kappa shape index (κ1) is 11.7. The van der Waals surface area contributed by atoms with E-state index in [1.165, 1.54) is 12.1 Å². The molecule has 17 heavy (non-hydrogen) atoms. The summed E-state index contributed by atoms with van der Waals surface area (Å²) in [5.41, 5.74) is -0.0155. The Morgan fingerprint density at radius 1 is 1.41 bits per heavy atom. The predicted molar refractivity (Wildman–Crippen MR) is 61.6 cm³/mol. The van der Waals surface area contributed by atoms with Crippen molar-refractivity contribution < 1.29 is 14.4 Å². The van der Waals surface area contributed by atoms with E-state index in [1.54, 1.807) is 6.07 Å². The summed E-state index contributed by atoms with van der Waals surface area (Å²) < 4.78 is 10.9. The summed E-state index contributed by atoms with van der Waals surface area (Å²) in [4.78, 5) is 10.3. The molecular weight excluding hydrogens is 224 g/mol. The third-order valence-corrected chi connectivity index (χ3v) is 2.43. The Balaban J connectivity index is 2.19. The minimum Gasteiger partial charge on any atom is -0.493 e. The molecular formula is C11H14N2O4. The quantitative estimate of drug-likeness (QED) is 0.619. The Hall–Kier alpha value is -1.82. The van der Waals surface area contributed by atoms with E-state index in [0.717, 1.165) is 13.1 Å². The van der Waals surface area contributed by atoms with Gasteiger partial charge >= 0.3 is 0 Å². The summed E-state index contributed by atoms with van der Waals surface area (Å²) in [7, 11) is 0. The molecule has 0 bridgehead atoms. The maximum atomic E-state index is 10.8. The smallest absolute Gasteiger partial charge is 0.276 e. The SMILES string of the molecule is CCOc1cc(OC2CNC2)cc([N+](=O)[O-])c1. The van der Waals surface area contributed by atoms with Crippen molar-refractivity contribution in [2.75, 3.05) is 19.7 Å². The van der Waals surface area contributed by atoms with Gasteiger partial charge in [-0.25, -0.2) is 0 Å². The van der Waals surface area contributed by atoms with E-state index >= 15 is 0 Å². The number of nitrogens with one attached hydrogen (secondary N) is 1. The number of hydrogen-bond acceptors (Lipinski definition) is 5. The standard InChI is InChI=1S/C11H14N2O4/c1-2-16-9-3-8(13(14)15)4-10(5-9)17-11-6-12-7-11/h3-5,11-12H,2,6-7H2,1H3. The van der Waals surface area contributed by atoms with Crippen LogP contribution in [-0.4, -0.2) is 30.7 Å². The van der Waals surface area contributed by atoms with Crippen molar-refractivity contribution in [3.63, 3.8) is 0 Å². The fourth-order valence-electron chi connectivity index (χ4n) is 1.52. The molecule has 0 aromatic heterocycles. The minimum absolute atomic E-state index is 0.0155. The molecule has 92 valence electrons. The van der Waals surface area contributed by atoms with E-state index in [4.69, 9.17) is 9.47 Å². The highest BCUT2D eigenvalue weighted by Gasteiger charge is 2.20. The summed E-state index contributed by atoms with van der Waals surface area (Å²) in [6, 6.07) is 4.49. The molecule has 0 radical (unpaired) electrons. The molecule has 0 aliphatic carbocycles. The molecule has 0 unspecified atom stereocenters. The third-order valence-electron chi connectivity index (χ3n) is 2.43. The molecule has 1 fully saturated rings. The van der Waals surface area contributed by atoms with Gasteiger partial charge in [-0.1, -0.05) is 0 Å². The molecule has 1 heterocycles. The maximum Gasteiger partial charge on any atom is 0.276 e. The van der Waals surface area contributed by atoms with Crippen LogP contribution < -0.4 is 14.8 Å². The zero-order chi connectivity index (χ0) is 12.3. The Morgan fingerprint density at radius 3 is 2.65 bits per heavy atom. The second-order valence-electron chi connectivity index (χ2n) is 3.75. The second-order valence-corrected chi connectivity index (χ2v) is 3.75. The number of nitro benzene ring substituents is 1. The van der Waals surface area contributed by atoms with Crippen LogP contribution in [-0.2, 0) is 0 Å². The first-order chi connectivity index (χ1) is 8.19. The first-order valence-corrected chi connectivity index (χ1v) is 5.48. The normalized spacial score (nSPS) is 15.1. The maximum absolute atomic E-state index is 10.8. The minimum atomic E-state index is -0.450. The Bertz CT molecular complexity index is 418. The Morgan fingerprint density at radius 2 is 2.12 bits per heavy atom. The number of non-ortho nitro benzene ring substituents is 1. The average molecular weight is 238 g/mol. The molecule has 0 amide bonds. The van der Waals surface area contributed by atoms with Gasteiger partial charge in [0.2, 0.25) is 0 Å². The largest absolute Gasteiger partial charge is 0.493 e. The molecule has 1 N–H and O–H groups in total. The van der Waals surface area contributed by atoms with Gasteiger partial charge in [0.25, 0.3) is 5.69 Å². The molecule has 1 aromatic rings. The number of rotatable bonds is 5. The molecule has 0 saturated carbocycles.